The first-order chi connectivity index (χ1) is 9.42. The highest BCUT2D eigenvalue weighted by Crippen LogP contribution is 2.25. The second-order valence-corrected chi connectivity index (χ2v) is 7.53. The third-order valence-corrected chi connectivity index (χ3v) is 5.94. The molecular weight excluding hydrogens is 338 g/mol. The molecule has 1 unspecified atom stereocenters. The Morgan fingerprint density at radius 3 is 2.35 bits per heavy atom. The first-order valence-corrected chi connectivity index (χ1v) is 8.65. The van der Waals surface area contributed by atoms with E-state index in [1.54, 1.807) is 24.3 Å². The van der Waals surface area contributed by atoms with Crippen molar-refractivity contribution in [2.75, 3.05) is 5.75 Å². The van der Waals surface area contributed by atoms with Crippen molar-refractivity contribution in [2.45, 2.75) is 17.9 Å². The predicted molar refractivity (Wildman–Crippen MR) is 84.3 cm³/mol. The number of benzene rings is 2. The van der Waals surface area contributed by atoms with Crippen molar-refractivity contribution in [3.05, 3.63) is 64.1 Å². The van der Waals surface area contributed by atoms with Crippen LogP contribution in [0.15, 0.2) is 57.9 Å². The van der Waals surface area contributed by atoms with Gasteiger partial charge in [-0.3, -0.25) is 0 Å². The van der Waals surface area contributed by atoms with Crippen LogP contribution in [0.3, 0.4) is 0 Å². The van der Waals surface area contributed by atoms with E-state index in [0.717, 1.165) is 11.1 Å². The second kappa shape index (κ2) is 6.08. The van der Waals surface area contributed by atoms with Crippen molar-refractivity contribution in [3.63, 3.8) is 0 Å². The third-order valence-electron chi connectivity index (χ3n) is 3.16. The van der Waals surface area contributed by atoms with Crippen molar-refractivity contribution in [1.82, 2.24) is 0 Å². The summed E-state index contributed by atoms with van der Waals surface area (Å²) >= 11 is 3.27. The lowest BCUT2D eigenvalue weighted by molar-refractivity contribution is 0.588. The minimum absolute atomic E-state index is 0.111. The summed E-state index contributed by atoms with van der Waals surface area (Å²) in [7, 11) is -3.43. The molecule has 3 nitrogen and oxygen atoms in total. The maximum absolute atomic E-state index is 12.4. The Balaban J connectivity index is 2.30. The molecule has 0 heterocycles. The summed E-state index contributed by atoms with van der Waals surface area (Å²) < 4.78 is 25.4. The Kier molecular flexibility index (Phi) is 4.62. The highest BCUT2D eigenvalue weighted by Gasteiger charge is 2.22. The van der Waals surface area contributed by atoms with Gasteiger partial charge >= 0.3 is 0 Å². The summed E-state index contributed by atoms with van der Waals surface area (Å²) in [5.74, 6) is -0.111. The van der Waals surface area contributed by atoms with Gasteiger partial charge in [-0.25, -0.2) is 8.42 Å². The lowest BCUT2D eigenvalue weighted by Gasteiger charge is -2.15. The summed E-state index contributed by atoms with van der Waals surface area (Å²) in [5, 5.41) is 0. The van der Waals surface area contributed by atoms with E-state index >= 15 is 0 Å². The van der Waals surface area contributed by atoms with E-state index in [9.17, 15) is 8.42 Å². The Bertz CT molecular complexity index is 713. The van der Waals surface area contributed by atoms with Gasteiger partial charge in [-0.15, -0.1) is 0 Å². The van der Waals surface area contributed by atoms with Crippen molar-refractivity contribution >= 4 is 25.8 Å². The molecule has 0 fully saturated rings. The van der Waals surface area contributed by atoms with Gasteiger partial charge in [-0.05, 0) is 46.1 Å². The lowest BCUT2D eigenvalue weighted by atomic mass is 10.0. The first-order valence-electron chi connectivity index (χ1n) is 6.20. The van der Waals surface area contributed by atoms with Gasteiger partial charge in [0.15, 0.2) is 9.84 Å². The molecule has 5 heteroatoms. The lowest BCUT2D eigenvalue weighted by Crippen LogP contribution is -2.22. The number of hydrogen-bond donors (Lipinski definition) is 1. The summed E-state index contributed by atoms with van der Waals surface area (Å²) in [6.07, 6.45) is 0. The van der Waals surface area contributed by atoms with Gasteiger partial charge in [-0.2, -0.15) is 0 Å². The molecule has 2 N–H and O–H groups in total. The quantitative estimate of drug-likeness (QED) is 0.917. The van der Waals surface area contributed by atoms with E-state index in [-0.39, 0.29) is 10.6 Å². The van der Waals surface area contributed by atoms with Crippen LogP contribution in [0.25, 0.3) is 0 Å². The molecule has 0 amide bonds. The fourth-order valence-electron chi connectivity index (χ4n) is 2.12. The van der Waals surface area contributed by atoms with Gasteiger partial charge < -0.3 is 5.73 Å². The molecule has 0 saturated carbocycles. The summed E-state index contributed by atoms with van der Waals surface area (Å²) in [6, 6.07) is 13.8. The van der Waals surface area contributed by atoms with Gasteiger partial charge in [0.05, 0.1) is 10.6 Å². The zero-order chi connectivity index (χ0) is 14.8. The maximum Gasteiger partial charge on any atom is 0.181 e. The molecule has 0 aliphatic carbocycles. The number of rotatable bonds is 4. The van der Waals surface area contributed by atoms with Gasteiger partial charge in [-0.1, -0.05) is 36.4 Å². The van der Waals surface area contributed by atoms with Crippen LogP contribution in [0, 0.1) is 6.92 Å². The standard InChI is InChI=1S/C15H16BrNO2S/c1-11-6-2-3-7-12(11)14(17)10-20(18,19)15-9-5-4-8-13(15)16/h2-9,14H,10,17H2,1H3. The second-order valence-electron chi connectivity index (χ2n) is 4.67. The summed E-state index contributed by atoms with van der Waals surface area (Å²) in [4.78, 5) is 0.282. The SMILES string of the molecule is Cc1ccccc1C(N)CS(=O)(=O)c1ccccc1Br. The Labute approximate surface area is 127 Å². The predicted octanol–water partition coefficient (Wildman–Crippen LogP) is 3.23. The highest BCUT2D eigenvalue weighted by atomic mass is 79.9. The molecule has 0 aliphatic rings. The molecule has 0 aliphatic heterocycles. The normalized spacial score (nSPS) is 13.2. The van der Waals surface area contributed by atoms with Crippen LogP contribution in [0.4, 0.5) is 0 Å². The zero-order valence-electron chi connectivity index (χ0n) is 11.1. The van der Waals surface area contributed by atoms with E-state index in [0.29, 0.717) is 4.47 Å². The van der Waals surface area contributed by atoms with Crippen LogP contribution < -0.4 is 5.73 Å². The van der Waals surface area contributed by atoms with Crippen LogP contribution in [0.5, 0.6) is 0 Å². The molecule has 20 heavy (non-hydrogen) atoms. The Morgan fingerprint density at radius 2 is 1.70 bits per heavy atom. The first kappa shape index (κ1) is 15.2. The molecule has 0 spiro atoms. The smallest absolute Gasteiger partial charge is 0.181 e. The topological polar surface area (TPSA) is 60.2 Å². The number of hydrogen-bond acceptors (Lipinski definition) is 3. The summed E-state index contributed by atoms with van der Waals surface area (Å²) in [6.45, 7) is 1.93. The largest absolute Gasteiger partial charge is 0.323 e. The molecule has 0 saturated heterocycles. The van der Waals surface area contributed by atoms with Gasteiger partial charge in [0.25, 0.3) is 0 Å². The van der Waals surface area contributed by atoms with Crippen molar-refractivity contribution in [3.8, 4) is 0 Å². The summed E-state index contributed by atoms with van der Waals surface area (Å²) in [5.41, 5.74) is 7.94. The van der Waals surface area contributed by atoms with Crippen LogP contribution in [0.1, 0.15) is 17.2 Å². The molecule has 2 aromatic carbocycles. The van der Waals surface area contributed by atoms with E-state index in [2.05, 4.69) is 15.9 Å². The van der Waals surface area contributed by atoms with Crippen LogP contribution in [-0.2, 0) is 9.84 Å². The van der Waals surface area contributed by atoms with Crippen molar-refractivity contribution in [1.29, 1.82) is 0 Å². The number of halogens is 1. The van der Waals surface area contributed by atoms with E-state index in [1.807, 2.05) is 31.2 Å². The maximum atomic E-state index is 12.4. The van der Waals surface area contributed by atoms with Crippen molar-refractivity contribution < 1.29 is 8.42 Å². The molecule has 0 aromatic heterocycles. The molecule has 2 aromatic rings. The molecule has 1 atom stereocenters. The van der Waals surface area contributed by atoms with Crippen LogP contribution >= 0.6 is 15.9 Å². The average Bonchev–Trinajstić information content (AvgIpc) is 2.38. The molecule has 106 valence electrons. The fourth-order valence-corrected chi connectivity index (χ4v) is 4.62. The minimum Gasteiger partial charge on any atom is -0.323 e. The third kappa shape index (κ3) is 3.29. The van der Waals surface area contributed by atoms with E-state index < -0.39 is 15.9 Å². The van der Waals surface area contributed by atoms with Crippen LogP contribution in [0.2, 0.25) is 0 Å². The molecule has 2 rings (SSSR count). The number of aryl methyl sites for hydroxylation is 1. The zero-order valence-corrected chi connectivity index (χ0v) is 13.5. The van der Waals surface area contributed by atoms with Crippen LogP contribution in [-0.4, -0.2) is 14.2 Å². The van der Waals surface area contributed by atoms with Gasteiger partial charge in [0.2, 0.25) is 0 Å². The average molecular weight is 354 g/mol. The van der Waals surface area contributed by atoms with Gasteiger partial charge in [0, 0.05) is 10.5 Å². The number of nitrogens with two attached hydrogens (primary N) is 1. The van der Waals surface area contributed by atoms with Crippen molar-refractivity contribution in [2.24, 2.45) is 5.73 Å². The molecular formula is C15H16BrNO2S. The minimum atomic E-state index is -3.43. The van der Waals surface area contributed by atoms with E-state index in [1.165, 1.54) is 0 Å². The Hall–Kier alpha value is -1.17. The number of sulfone groups is 1. The molecule has 0 radical (unpaired) electrons. The monoisotopic (exact) mass is 353 g/mol. The van der Waals surface area contributed by atoms with E-state index in [4.69, 9.17) is 5.73 Å². The Morgan fingerprint density at radius 1 is 1.10 bits per heavy atom. The fraction of sp³-hybridized carbons (Fsp3) is 0.200. The van der Waals surface area contributed by atoms with Gasteiger partial charge in [0.1, 0.15) is 0 Å². The molecule has 0 bridgehead atoms. The highest BCUT2D eigenvalue weighted by molar-refractivity contribution is 9.10.